The second-order valence-electron chi connectivity index (χ2n) is 16.0. The SMILES string of the molecule is Cc1nc(C)c([C@H](OC(C)(C)C)C(=O)OC(C)C)c(N2CCC3(CCC3)CC2)c1-c1ccc2c(c1)CCN(C(=O)OC(C)(C)C)C2. The van der Waals surface area contributed by atoms with Crippen molar-refractivity contribution < 1.29 is 23.8 Å². The summed E-state index contributed by atoms with van der Waals surface area (Å²) in [6.45, 7) is 22.4. The third-order valence-electron chi connectivity index (χ3n) is 9.59. The van der Waals surface area contributed by atoms with Crippen LogP contribution in [0.15, 0.2) is 18.2 Å². The van der Waals surface area contributed by atoms with Crippen LogP contribution in [0.3, 0.4) is 0 Å². The molecular weight excluding hydrogens is 578 g/mol. The Morgan fingerprint density at radius 2 is 1.57 bits per heavy atom. The number of aryl methyl sites for hydroxylation is 2. The van der Waals surface area contributed by atoms with Crippen molar-refractivity contribution in [2.45, 2.75) is 138 Å². The fourth-order valence-corrected chi connectivity index (χ4v) is 7.28. The minimum atomic E-state index is -0.913. The van der Waals surface area contributed by atoms with Gasteiger partial charge in [0.15, 0.2) is 6.10 Å². The minimum Gasteiger partial charge on any atom is -0.461 e. The Hall–Kier alpha value is -3.13. The summed E-state index contributed by atoms with van der Waals surface area (Å²) in [7, 11) is 0. The number of amides is 1. The normalized spacial score (nSPS) is 18.7. The molecule has 2 aliphatic heterocycles. The van der Waals surface area contributed by atoms with Gasteiger partial charge in [-0.05, 0) is 123 Å². The summed E-state index contributed by atoms with van der Waals surface area (Å²) in [6.07, 6.45) is 5.54. The Labute approximate surface area is 276 Å². The van der Waals surface area contributed by atoms with Crippen LogP contribution in [0.25, 0.3) is 11.1 Å². The zero-order valence-electron chi connectivity index (χ0n) is 29.8. The van der Waals surface area contributed by atoms with Gasteiger partial charge in [0.05, 0.1) is 17.4 Å². The quantitative estimate of drug-likeness (QED) is 0.296. The molecule has 252 valence electrons. The van der Waals surface area contributed by atoms with Gasteiger partial charge in [-0.2, -0.15) is 0 Å². The predicted octanol–water partition coefficient (Wildman–Crippen LogP) is 8.24. The fourth-order valence-electron chi connectivity index (χ4n) is 7.28. The molecular formula is C38H55N3O5. The van der Waals surface area contributed by atoms with E-state index < -0.39 is 17.3 Å². The van der Waals surface area contributed by atoms with E-state index in [1.807, 2.05) is 62.3 Å². The number of carbonyl (C=O) groups excluding carboxylic acids is 2. The number of esters is 1. The van der Waals surface area contributed by atoms with Gasteiger partial charge in [0.1, 0.15) is 5.60 Å². The lowest BCUT2D eigenvalue weighted by Gasteiger charge is -2.49. The molecule has 2 aromatic rings. The number of rotatable bonds is 6. The first-order valence-electron chi connectivity index (χ1n) is 17.2. The highest BCUT2D eigenvalue weighted by molar-refractivity contribution is 5.88. The van der Waals surface area contributed by atoms with Crippen molar-refractivity contribution in [3.05, 3.63) is 46.3 Å². The highest BCUT2D eigenvalue weighted by atomic mass is 16.6. The molecule has 46 heavy (non-hydrogen) atoms. The molecule has 0 N–H and O–H groups in total. The molecule has 2 fully saturated rings. The minimum absolute atomic E-state index is 0.269. The Kier molecular flexibility index (Phi) is 9.53. The van der Waals surface area contributed by atoms with E-state index in [4.69, 9.17) is 19.2 Å². The van der Waals surface area contributed by atoms with Crippen LogP contribution in [-0.2, 0) is 32.0 Å². The van der Waals surface area contributed by atoms with E-state index in [0.717, 1.165) is 71.7 Å². The number of hydrogen-bond acceptors (Lipinski definition) is 7. The Balaban J connectivity index is 1.60. The van der Waals surface area contributed by atoms with E-state index in [0.29, 0.717) is 18.5 Å². The van der Waals surface area contributed by atoms with Crippen LogP contribution in [0, 0.1) is 19.3 Å². The van der Waals surface area contributed by atoms with Gasteiger partial charge in [-0.25, -0.2) is 9.59 Å². The number of anilines is 1. The topological polar surface area (TPSA) is 81.2 Å². The summed E-state index contributed by atoms with van der Waals surface area (Å²) >= 11 is 0. The molecule has 3 aliphatic rings. The summed E-state index contributed by atoms with van der Waals surface area (Å²) in [5.74, 6) is -0.383. The Morgan fingerprint density at radius 1 is 0.891 bits per heavy atom. The molecule has 1 aliphatic carbocycles. The number of hydrogen-bond donors (Lipinski definition) is 0. The molecule has 1 aromatic carbocycles. The van der Waals surface area contributed by atoms with Crippen LogP contribution >= 0.6 is 0 Å². The average molecular weight is 634 g/mol. The van der Waals surface area contributed by atoms with Gasteiger partial charge < -0.3 is 24.0 Å². The molecule has 8 heteroatoms. The van der Waals surface area contributed by atoms with Gasteiger partial charge in [0, 0.05) is 48.7 Å². The lowest BCUT2D eigenvalue weighted by Crippen LogP contribution is -2.44. The number of piperidine rings is 1. The second-order valence-corrected chi connectivity index (χ2v) is 16.0. The van der Waals surface area contributed by atoms with Gasteiger partial charge in [-0.1, -0.05) is 24.6 Å². The van der Waals surface area contributed by atoms with Crippen molar-refractivity contribution >= 4 is 17.7 Å². The second kappa shape index (κ2) is 12.8. The highest BCUT2D eigenvalue weighted by Crippen LogP contribution is 2.51. The molecule has 1 amide bonds. The van der Waals surface area contributed by atoms with E-state index in [2.05, 4.69) is 30.0 Å². The van der Waals surface area contributed by atoms with Crippen LogP contribution in [0.2, 0.25) is 0 Å². The summed E-state index contributed by atoms with van der Waals surface area (Å²) in [5.41, 5.74) is 7.38. The molecule has 0 bridgehead atoms. The largest absolute Gasteiger partial charge is 0.461 e. The zero-order chi connectivity index (χ0) is 33.6. The number of ether oxygens (including phenoxy) is 3. The Bertz CT molecular complexity index is 1450. The number of pyridine rings is 1. The molecule has 1 aromatic heterocycles. The van der Waals surface area contributed by atoms with Crippen molar-refractivity contribution in [2.24, 2.45) is 5.41 Å². The van der Waals surface area contributed by atoms with Crippen LogP contribution in [0.4, 0.5) is 10.5 Å². The summed E-state index contributed by atoms with van der Waals surface area (Å²) in [4.78, 5) is 36.0. The third-order valence-corrected chi connectivity index (χ3v) is 9.59. The van der Waals surface area contributed by atoms with Crippen LogP contribution in [-0.4, -0.2) is 58.9 Å². The molecule has 3 heterocycles. The lowest BCUT2D eigenvalue weighted by molar-refractivity contribution is -0.171. The summed E-state index contributed by atoms with van der Waals surface area (Å²) in [5, 5.41) is 0. The third kappa shape index (κ3) is 7.53. The first-order chi connectivity index (χ1) is 21.5. The van der Waals surface area contributed by atoms with Crippen LogP contribution in [0.1, 0.15) is 122 Å². The number of fused-ring (bicyclic) bond motifs is 1. The van der Waals surface area contributed by atoms with Crippen LogP contribution in [0.5, 0.6) is 0 Å². The lowest BCUT2D eigenvalue weighted by atomic mass is 9.63. The summed E-state index contributed by atoms with van der Waals surface area (Å²) in [6, 6.07) is 6.55. The van der Waals surface area contributed by atoms with Crippen molar-refractivity contribution in [1.82, 2.24) is 9.88 Å². The monoisotopic (exact) mass is 633 g/mol. The predicted molar refractivity (Wildman–Crippen MR) is 182 cm³/mol. The first-order valence-corrected chi connectivity index (χ1v) is 17.2. The molecule has 8 nitrogen and oxygen atoms in total. The molecule has 1 saturated carbocycles. The smallest absolute Gasteiger partial charge is 0.410 e. The van der Waals surface area contributed by atoms with E-state index in [1.165, 1.54) is 24.8 Å². The molecule has 5 rings (SSSR count). The van der Waals surface area contributed by atoms with Crippen molar-refractivity contribution in [1.29, 1.82) is 0 Å². The summed E-state index contributed by atoms with van der Waals surface area (Å²) < 4.78 is 18.1. The van der Waals surface area contributed by atoms with E-state index in [-0.39, 0.29) is 18.2 Å². The van der Waals surface area contributed by atoms with Crippen molar-refractivity contribution in [3.63, 3.8) is 0 Å². The van der Waals surface area contributed by atoms with Gasteiger partial charge >= 0.3 is 12.1 Å². The average Bonchev–Trinajstić information content (AvgIpc) is 2.93. The van der Waals surface area contributed by atoms with Crippen molar-refractivity contribution in [3.8, 4) is 11.1 Å². The maximum absolute atomic E-state index is 13.8. The fraction of sp³-hybridized carbons (Fsp3) is 0.658. The van der Waals surface area contributed by atoms with E-state index in [1.54, 1.807) is 4.90 Å². The molecule has 1 saturated heterocycles. The molecule has 0 unspecified atom stereocenters. The van der Waals surface area contributed by atoms with Crippen molar-refractivity contribution in [2.75, 3.05) is 24.5 Å². The number of carbonyl (C=O) groups is 2. The van der Waals surface area contributed by atoms with Gasteiger partial charge in [-0.3, -0.25) is 4.98 Å². The van der Waals surface area contributed by atoms with Gasteiger partial charge in [0.25, 0.3) is 0 Å². The molecule has 1 atom stereocenters. The Morgan fingerprint density at radius 3 is 2.13 bits per heavy atom. The first kappa shape index (κ1) is 34.2. The number of aromatic nitrogens is 1. The molecule has 0 radical (unpaired) electrons. The number of benzene rings is 1. The van der Waals surface area contributed by atoms with Gasteiger partial charge in [0.2, 0.25) is 0 Å². The highest BCUT2D eigenvalue weighted by Gasteiger charge is 2.42. The van der Waals surface area contributed by atoms with E-state index in [9.17, 15) is 9.59 Å². The standard InChI is InChI=1S/C38H55N3O5/c1-24(2)44-34(42)33(45-36(5,6)7)31-26(4)39-25(3)30(32(31)40-20-17-38(18-21-40)15-11-16-38)28-12-13-29-23-41(19-14-27(29)22-28)35(43)46-37(8,9)10/h12-13,22,24,33H,11,14-21,23H2,1-10H3/t33-/m0/s1. The van der Waals surface area contributed by atoms with E-state index >= 15 is 0 Å². The maximum Gasteiger partial charge on any atom is 0.410 e. The van der Waals surface area contributed by atoms with Gasteiger partial charge in [-0.15, -0.1) is 0 Å². The molecule has 1 spiro atoms. The number of nitrogens with zero attached hydrogens (tertiary/aromatic N) is 3. The zero-order valence-corrected chi connectivity index (χ0v) is 29.8. The van der Waals surface area contributed by atoms with Crippen LogP contribution < -0.4 is 4.90 Å². The maximum atomic E-state index is 13.8.